The number of nitrogens with one attached hydrogen (secondary N) is 1. The van der Waals surface area contributed by atoms with Crippen molar-refractivity contribution in [2.75, 3.05) is 6.54 Å². The van der Waals surface area contributed by atoms with Gasteiger partial charge in [0.1, 0.15) is 5.75 Å². The Hall–Kier alpha value is -1.06. The highest BCUT2D eigenvalue weighted by molar-refractivity contribution is 5.35. The zero-order valence-electron chi connectivity index (χ0n) is 10.4. The molecule has 0 fully saturated rings. The molecule has 0 heterocycles. The lowest BCUT2D eigenvalue weighted by Crippen LogP contribution is -2.38. The Morgan fingerprint density at radius 3 is 2.44 bits per heavy atom. The van der Waals surface area contributed by atoms with Crippen LogP contribution in [0.25, 0.3) is 0 Å². The molecule has 0 radical (unpaired) electrons. The van der Waals surface area contributed by atoms with E-state index >= 15 is 0 Å². The van der Waals surface area contributed by atoms with Gasteiger partial charge in [-0.1, -0.05) is 6.07 Å². The third kappa shape index (κ3) is 3.83. The van der Waals surface area contributed by atoms with E-state index in [1.54, 1.807) is 12.1 Å². The summed E-state index contributed by atoms with van der Waals surface area (Å²) < 4.78 is 0. The van der Waals surface area contributed by atoms with Gasteiger partial charge in [-0.15, -0.1) is 0 Å². The fourth-order valence-electron chi connectivity index (χ4n) is 1.41. The fourth-order valence-corrected chi connectivity index (χ4v) is 1.41. The van der Waals surface area contributed by atoms with E-state index in [9.17, 15) is 10.2 Å². The quantitative estimate of drug-likeness (QED) is 0.735. The van der Waals surface area contributed by atoms with E-state index in [0.717, 1.165) is 11.1 Å². The zero-order chi connectivity index (χ0) is 12.3. The van der Waals surface area contributed by atoms with Crippen LogP contribution in [0, 0.1) is 6.92 Å². The summed E-state index contributed by atoms with van der Waals surface area (Å²) in [6.07, 6.45) is -0.543. The van der Waals surface area contributed by atoms with Gasteiger partial charge in [-0.3, -0.25) is 0 Å². The Morgan fingerprint density at radius 1 is 1.31 bits per heavy atom. The van der Waals surface area contributed by atoms with Gasteiger partial charge in [0.05, 0.1) is 6.10 Å². The molecule has 3 N–H and O–H groups in total. The minimum absolute atomic E-state index is 0.00700. The number of aliphatic hydroxyl groups excluding tert-OH is 1. The van der Waals surface area contributed by atoms with E-state index in [2.05, 4.69) is 26.1 Å². The monoisotopic (exact) mass is 223 g/mol. The lowest BCUT2D eigenvalue weighted by molar-refractivity contribution is 0.163. The third-order valence-corrected chi connectivity index (χ3v) is 2.43. The summed E-state index contributed by atoms with van der Waals surface area (Å²) >= 11 is 0. The zero-order valence-corrected chi connectivity index (χ0v) is 10.4. The number of aliphatic hydroxyl groups is 1. The smallest absolute Gasteiger partial charge is 0.118 e. The highest BCUT2D eigenvalue weighted by Crippen LogP contribution is 2.21. The number of phenolic OH excluding ortho intramolecular Hbond substituents is 1. The van der Waals surface area contributed by atoms with Crippen molar-refractivity contribution in [1.82, 2.24) is 5.32 Å². The topological polar surface area (TPSA) is 52.5 Å². The minimum atomic E-state index is -0.543. The fraction of sp³-hybridized carbons (Fsp3) is 0.538. The van der Waals surface area contributed by atoms with Gasteiger partial charge in [0.2, 0.25) is 0 Å². The summed E-state index contributed by atoms with van der Waals surface area (Å²) in [7, 11) is 0. The number of β-amino-alcohol motifs (C(OH)–C–C–N with tert-alkyl or cyclic N) is 1. The molecule has 3 heteroatoms. The Kier molecular flexibility index (Phi) is 3.94. The van der Waals surface area contributed by atoms with Crippen LogP contribution in [-0.2, 0) is 0 Å². The Balaban J connectivity index is 2.66. The van der Waals surface area contributed by atoms with Crippen molar-refractivity contribution in [3.63, 3.8) is 0 Å². The molecule has 1 aromatic carbocycles. The molecule has 1 atom stereocenters. The normalized spacial score (nSPS) is 13.8. The first-order valence-electron chi connectivity index (χ1n) is 5.52. The summed E-state index contributed by atoms with van der Waals surface area (Å²) in [6.45, 7) is 8.50. The van der Waals surface area contributed by atoms with Crippen LogP contribution in [0.3, 0.4) is 0 Å². The molecule has 0 spiro atoms. The van der Waals surface area contributed by atoms with Gasteiger partial charge in [0, 0.05) is 12.1 Å². The van der Waals surface area contributed by atoms with E-state index in [-0.39, 0.29) is 11.3 Å². The van der Waals surface area contributed by atoms with E-state index in [1.807, 2.05) is 13.0 Å². The predicted molar refractivity (Wildman–Crippen MR) is 65.6 cm³/mol. The van der Waals surface area contributed by atoms with Crippen LogP contribution in [0.15, 0.2) is 18.2 Å². The van der Waals surface area contributed by atoms with Crippen LogP contribution in [-0.4, -0.2) is 22.3 Å². The summed E-state index contributed by atoms with van der Waals surface area (Å²) in [4.78, 5) is 0. The molecule has 0 bridgehead atoms. The molecule has 1 aromatic rings. The maximum Gasteiger partial charge on any atom is 0.118 e. The van der Waals surface area contributed by atoms with Gasteiger partial charge in [-0.25, -0.2) is 0 Å². The SMILES string of the molecule is Cc1cc([C@@H](O)CNC(C)(C)C)ccc1O. The maximum atomic E-state index is 9.96. The molecule has 0 amide bonds. The van der Waals surface area contributed by atoms with Crippen molar-refractivity contribution in [1.29, 1.82) is 0 Å². The standard InChI is InChI=1S/C13H21NO2/c1-9-7-10(5-6-11(9)15)12(16)8-14-13(2,3)4/h5-7,12,14-16H,8H2,1-4H3/t12-/m0/s1. The first-order valence-corrected chi connectivity index (χ1v) is 5.52. The molecule has 0 unspecified atom stereocenters. The number of hydrogen-bond acceptors (Lipinski definition) is 3. The maximum absolute atomic E-state index is 9.96. The van der Waals surface area contributed by atoms with Crippen LogP contribution in [0.4, 0.5) is 0 Å². The van der Waals surface area contributed by atoms with Gasteiger partial charge >= 0.3 is 0 Å². The Labute approximate surface area is 97.1 Å². The molecule has 16 heavy (non-hydrogen) atoms. The highest BCUT2D eigenvalue weighted by Gasteiger charge is 2.14. The Bertz CT molecular complexity index is 355. The predicted octanol–water partition coefficient (Wildman–Crippen LogP) is 2.12. The van der Waals surface area contributed by atoms with Crippen LogP contribution in [0.5, 0.6) is 5.75 Å². The van der Waals surface area contributed by atoms with Gasteiger partial charge in [-0.05, 0) is 51.0 Å². The molecule has 0 aliphatic carbocycles. The van der Waals surface area contributed by atoms with Crippen molar-refractivity contribution in [2.45, 2.75) is 39.3 Å². The van der Waals surface area contributed by atoms with Crippen LogP contribution < -0.4 is 5.32 Å². The second kappa shape index (κ2) is 4.85. The molecule has 0 aliphatic rings. The van der Waals surface area contributed by atoms with Crippen molar-refractivity contribution in [2.24, 2.45) is 0 Å². The van der Waals surface area contributed by atoms with Gasteiger partial charge < -0.3 is 15.5 Å². The molecular weight excluding hydrogens is 202 g/mol. The molecular formula is C13H21NO2. The number of rotatable bonds is 3. The molecule has 0 saturated heterocycles. The van der Waals surface area contributed by atoms with E-state index in [1.165, 1.54) is 0 Å². The summed E-state index contributed by atoms with van der Waals surface area (Å²) in [5.41, 5.74) is 1.60. The minimum Gasteiger partial charge on any atom is -0.508 e. The Morgan fingerprint density at radius 2 is 1.94 bits per heavy atom. The largest absolute Gasteiger partial charge is 0.508 e. The van der Waals surface area contributed by atoms with E-state index < -0.39 is 6.10 Å². The molecule has 0 aliphatic heterocycles. The average molecular weight is 223 g/mol. The van der Waals surface area contributed by atoms with Gasteiger partial charge in [0.25, 0.3) is 0 Å². The van der Waals surface area contributed by atoms with Crippen LogP contribution in [0.1, 0.15) is 38.0 Å². The second-order valence-electron chi connectivity index (χ2n) is 5.19. The average Bonchev–Trinajstić information content (AvgIpc) is 2.17. The molecule has 1 rings (SSSR count). The lowest BCUT2D eigenvalue weighted by atomic mass is 10.0. The number of aromatic hydroxyl groups is 1. The van der Waals surface area contributed by atoms with Crippen molar-refractivity contribution >= 4 is 0 Å². The van der Waals surface area contributed by atoms with Crippen LogP contribution in [0.2, 0.25) is 0 Å². The first kappa shape index (κ1) is 13.0. The summed E-state index contributed by atoms with van der Waals surface area (Å²) in [5, 5.41) is 22.6. The number of aryl methyl sites for hydroxylation is 1. The van der Waals surface area contributed by atoms with Gasteiger partial charge in [0.15, 0.2) is 0 Å². The third-order valence-electron chi connectivity index (χ3n) is 2.43. The van der Waals surface area contributed by atoms with Gasteiger partial charge in [-0.2, -0.15) is 0 Å². The van der Waals surface area contributed by atoms with Crippen molar-refractivity contribution in [3.8, 4) is 5.75 Å². The lowest BCUT2D eigenvalue weighted by Gasteiger charge is -2.23. The molecule has 0 saturated carbocycles. The highest BCUT2D eigenvalue weighted by atomic mass is 16.3. The van der Waals surface area contributed by atoms with Crippen LogP contribution >= 0.6 is 0 Å². The molecule has 90 valence electrons. The van der Waals surface area contributed by atoms with E-state index in [4.69, 9.17) is 0 Å². The van der Waals surface area contributed by atoms with Crippen molar-refractivity contribution < 1.29 is 10.2 Å². The number of phenols is 1. The molecule has 0 aromatic heterocycles. The first-order chi connectivity index (χ1) is 7.29. The molecule has 3 nitrogen and oxygen atoms in total. The summed E-state index contributed by atoms with van der Waals surface area (Å²) in [6, 6.07) is 5.17. The summed E-state index contributed by atoms with van der Waals surface area (Å²) in [5.74, 6) is 0.264. The second-order valence-corrected chi connectivity index (χ2v) is 5.19. The van der Waals surface area contributed by atoms with E-state index in [0.29, 0.717) is 6.54 Å². The number of hydrogen-bond donors (Lipinski definition) is 3. The van der Waals surface area contributed by atoms with Crippen molar-refractivity contribution in [3.05, 3.63) is 29.3 Å². The number of benzene rings is 1.